The summed E-state index contributed by atoms with van der Waals surface area (Å²) in [6.07, 6.45) is -11.8. The number of benzene rings is 3. The number of carboxylic acid groups (broad SMARTS) is 1. The smallest absolute Gasteiger partial charge is 0.335 e. The number of aliphatic carboxylic acids is 1. The third kappa shape index (κ3) is 6.70. The van der Waals surface area contributed by atoms with E-state index >= 15 is 0 Å². The van der Waals surface area contributed by atoms with E-state index in [1.54, 1.807) is 73.8 Å². The van der Waals surface area contributed by atoms with Gasteiger partial charge in [0.05, 0.1) is 0 Å². The van der Waals surface area contributed by atoms with Gasteiger partial charge in [-0.25, -0.2) is 4.79 Å². The second-order valence-corrected chi connectivity index (χ2v) is 9.09. The van der Waals surface area contributed by atoms with Crippen LogP contribution in [-0.4, -0.2) is 77.3 Å². The molecule has 1 fully saturated rings. The van der Waals surface area contributed by atoms with Crippen molar-refractivity contribution < 1.29 is 46.3 Å². The summed E-state index contributed by atoms with van der Waals surface area (Å²) in [6.45, 7) is -2.00. The highest BCUT2D eigenvalue weighted by molar-refractivity contribution is 5.98. The normalized spacial score (nSPS) is 25.8. The minimum absolute atomic E-state index is 0.0759. The lowest BCUT2D eigenvalue weighted by Gasteiger charge is -2.38. The van der Waals surface area contributed by atoms with Gasteiger partial charge in [-0.2, -0.15) is 0 Å². The highest BCUT2D eigenvalue weighted by atomic mass is 16.7. The number of carbonyl (C=O) groups is 1. The number of ether oxygens (including phenoxy) is 3. The molecule has 3 aromatic rings. The predicted octanol–water partition coefficient (Wildman–Crippen LogP) is 2.92. The average molecular weight is 555 g/mol. The Bertz CT molecular complexity index is 1470. The molecule has 40 heavy (non-hydrogen) atoms. The molecule has 4 rings (SSSR count). The Morgan fingerprint density at radius 1 is 0.900 bits per heavy atom. The molecule has 5 N–H and O–H groups in total. The molecule has 5 atom stereocenters. The second kappa shape index (κ2) is 13.6. The lowest BCUT2D eigenvalue weighted by Crippen LogP contribution is -2.61. The zero-order valence-electron chi connectivity index (χ0n) is 26.7. The van der Waals surface area contributed by atoms with E-state index in [1.165, 1.54) is 12.1 Å². The minimum Gasteiger partial charge on any atom is -0.492 e. The van der Waals surface area contributed by atoms with E-state index in [9.17, 15) is 25.2 Å². The van der Waals surface area contributed by atoms with Crippen LogP contribution >= 0.6 is 0 Å². The summed E-state index contributed by atoms with van der Waals surface area (Å²) in [5.74, 6) is -0.902. The van der Waals surface area contributed by atoms with Crippen molar-refractivity contribution in [1.82, 2.24) is 5.32 Å². The van der Waals surface area contributed by atoms with Crippen LogP contribution in [0.2, 0.25) is 0 Å². The highest BCUT2D eigenvalue weighted by Gasteiger charge is 2.48. The van der Waals surface area contributed by atoms with Crippen LogP contribution in [0.5, 0.6) is 11.5 Å². The molecular weight excluding hydrogens is 514 g/mol. The third-order valence-electron chi connectivity index (χ3n) is 6.41. The van der Waals surface area contributed by atoms with Crippen LogP contribution in [-0.2, 0) is 9.53 Å². The van der Waals surface area contributed by atoms with Crippen molar-refractivity contribution in [3.8, 4) is 11.5 Å². The maximum Gasteiger partial charge on any atom is 0.335 e. The van der Waals surface area contributed by atoms with Crippen LogP contribution in [0.4, 0.5) is 0 Å². The van der Waals surface area contributed by atoms with Gasteiger partial charge >= 0.3 is 5.97 Å². The van der Waals surface area contributed by atoms with E-state index in [4.69, 9.17) is 21.1 Å². The minimum atomic E-state index is -3.04. The van der Waals surface area contributed by atoms with Gasteiger partial charge in [-0.05, 0) is 65.5 Å². The average Bonchev–Trinajstić information content (AvgIpc) is 3.00. The zero-order valence-corrected chi connectivity index (χ0v) is 21.7. The predicted molar refractivity (Wildman–Crippen MR) is 150 cm³/mol. The molecule has 1 aliphatic rings. The van der Waals surface area contributed by atoms with E-state index in [-0.39, 0.29) is 16.9 Å². The van der Waals surface area contributed by atoms with Crippen LogP contribution < -0.4 is 14.8 Å². The van der Waals surface area contributed by atoms with Gasteiger partial charge in [0.25, 0.3) is 0 Å². The standard InChI is InChI=1S/C31H35NO8/c1-3-24(19-7-5-4-6-8-19)25(20-9-13-22(14-10-20)38-18-17-32-2)21-11-15-23(16-12-21)39-31-28(35)26(33)27(34)29(40-31)30(36)37/h4-16,26-29,31-35H,3,17-18H2,1-2H3,(H,36,37)/b25-24+/i1D3,3D2. The topological polar surface area (TPSA) is 138 Å². The van der Waals surface area contributed by atoms with Gasteiger partial charge < -0.3 is 40.0 Å². The Labute approximate surface area is 240 Å². The molecule has 3 aromatic carbocycles. The number of aliphatic hydroxyl groups is 3. The van der Waals surface area contributed by atoms with Crippen LogP contribution in [0.25, 0.3) is 11.1 Å². The number of hydrogen-bond acceptors (Lipinski definition) is 8. The number of likely N-dealkylation sites (N-methyl/N-ethyl adjacent to an activating group) is 1. The molecule has 0 saturated carbocycles. The van der Waals surface area contributed by atoms with E-state index in [2.05, 4.69) is 5.32 Å². The Balaban J connectivity index is 1.81. The maximum absolute atomic E-state index is 11.5. The largest absolute Gasteiger partial charge is 0.492 e. The maximum atomic E-state index is 11.5. The third-order valence-corrected chi connectivity index (χ3v) is 6.41. The molecule has 1 saturated heterocycles. The van der Waals surface area contributed by atoms with Gasteiger partial charge in [-0.1, -0.05) is 61.4 Å². The number of aliphatic hydroxyl groups excluding tert-OH is 3. The Hall–Kier alpha value is -3.73. The summed E-state index contributed by atoms with van der Waals surface area (Å²) in [7, 11) is 1.80. The first-order valence-electron chi connectivity index (χ1n) is 15.1. The van der Waals surface area contributed by atoms with Crippen molar-refractivity contribution in [2.45, 2.75) is 43.9 Å². The van der Waals surface area contributed by atoms with Gasteiger partial charge in [-0.15, -0.1) is 0 Å². The van der Waals surface area contributed by atoms with Crippen LogP contribution in [0.3, 0.4) is 0 Å². The monoisotopic (exact) mass is 554 g/mol. The van der Waals surface area contributed by atoms with Crippen LogP contribution in [0.15, 0.2) is 78.9 Å². The SMILES string of the molecule is [2H]C([2H])([2H])C([2H])([2H])/C(=C(/c1ccc(OCCNC)cc1)c1ccc(OC2OC(C(=O)O)C(O)C(O)C2O)cc1)c1ccccc1. The number of carboxylic acids is 1. The molecule has 0 amide bonds. The summed E-state index contributed by atoms with van der Waals surface area (Å²) in [6, 6.07) is 21.2. The summed E-state index contributed by atoms with van der Waals surface area (Å²) >= 11 is 0. The molecular formula is C31H35NO8. The quantitative estimate of drug-likeness (QED) is 0.179. The molecule has 1 heterocycles. The highest BCUT2D eigenvalue weighted by Crippen LogP contribution is 2.36. The molecule has 0 bridgehead atoms. The molecule has 9 heteroatoms. The van der Waals surface area contributed by atoms with E-state index in [0.717, 1.165) is 0 Å². The number of allylic oxidation sites excluding steroid dienone is 1. The first kappa shape index (κ1) is 23.0. The number of hydrogen-bond donors (Lipinski definition) is 5. The number of rotatable bonds is 11. The summed E-state index contributed by atoms with van der Waals surface area (Å²) in [5.41, 5.74) is 1.49. The van der Waals surface area contributed by atoms with Crippen molar-refractivity contribution in [3.05, 3.63) is 95.6 Å². The fourth-order valence-corrected chi connectivity index (χ4v) is 4.31. The fourth-order valence-electron chi connectivity index (χ4n) is 4.31. The van der Waals surface area contributed by atoms with E-state index < -0.39 is 49.9 Å². The van der Waals surface area contributed by atoms with Crippen molar-refractivity contribution in [1.29, 1.82) is 0 Å². The molecule has 5 unspecified atom stereocenters. The van der Waals surface area contributed by atoms with Gasteiger partial charge in [0.15, 0.2) is 6.10 Å². The fraction of sp³-hybridized carbons (Fsp3) is 0.323. The zero-order chi connectivity index (χ0) is 32.9. The van der Waals surface area contributed by atoms with Crippen molar-refractivity contribution in [3.63, 3.8) is 0 Å². The summed E-state index contributed by atoms with van der Waals surface area (Å²) < 4.78 is 58.5. The lowest BCUT2D eigenvalue weighted by molar-refractivity contribution is -0.271. The van der Waals surface area contributed by atoms with Gasteiger partial charge in [0.2, 0.25) is 6.29 Å². The van der Waals surface area contributed by atoms with Crippen molar-refractivity contribution >= 4 is 17.1 Å². The number of nitrogens with one attached hydrogen (secondary N) is 1. The lowest BCUT2D eigenvalue weighted by atomic mass is 9.88. The van der Waals surface area contributed by atoms with Crippen LogP contribution in [0, 0.1) is 0 Å². The van der Waals surface area contributed by atoms with Gasteiger partial charge in [-0.3, -0.25) is 0 Å². The van der Waals surface area contributed by atoms with E-state index in [0.29, 0.717) is 35.6 Å². The summed E-state index contributed by atoms with van der Waals surface area (Å²) in [4.78, 5) is 11.5. The van der Waals surface area contributed by atoms with Crippen LogP contribution in [0.1, 0.15) is 36.8 Å². The van der Waals surface area contributed by atoms with Gasteiger partial charge in [0.1, 0.15) is 36.4 Å². The molecule has 0 aliphatic carbocycles. The molecule has 0 spiro atoms. The van der Waals surface area contributed by atoms with Crippen molar-refractivity contribution in [2.75, 3.05) is 20.2 Å². The molecule has 1 aliphatic heterocycles. The second-order valence-electron chi connectivity index (χ2n) is 9.09. The van der Waals surface area contributed by atoms with E-state index in [1.807, 2.05) is 0 Å². The Morgan fingerprint density at radius 2 is 1.52 bits per heavy atom. The Kier molecular flexibility index (Phi) is 7.80. The summed E-state index contributed by atoms with van der Waals surface area (Å²) in [5, 5.41) is 42.7. The first-order chi connectivity index (χ1) is 21.3. The van der Waals surface area contributed by atoms with Gasteiger partial charge in [0, 0.05) is 13.4 Å². The molecule has 0 aromatic heterocycles. The molecule has 9 nitrogen and oxygen atoms in total. The molecule has 212 valence electrons. The molecule has 0 radical (unpaired) electrons. The van der Waals surface area contributed by atoms with Crippen molar-refractivity contribution in [2.24, 2.45) is 0 Å². The Morgan fingerprint density at radius 3 is 2.10 bits per heavy atom. The first-order valence-corrected chi connectivity index (χ1v) is 12.6.